The van der Waals surface area contributed by atoms with Gasteiger partial charge in [-0.15, -0.1) is 5.10 Å². The van der Waals surface area contributed by atoms with Crippen molar-refractivity contribution in [3.63, 3.8) is 0 Å². The zero-order valence-electron chi connectivity index (χ0n) is 15.5. The lowest BCUT2D eigenvalue weighted by atomic mass is 10.1. The van der Waals surface area contributed by atoms with Crippen LogP contribution < -0.4 is 5.32 Å². The van der Waals surface area contributed by atoms with Crippen molar-refractivity contribution in [3.8, 4) is 11.5 Å². The van der Waals surface area contributed by atoms with Gasteiger partial charge in [-0.05, 0) is 41.5 Å². The molecule has 7 nitrogen and oxygen atoms in total. The molecule has 0 aliphatic carbocycles. The number of nitrogens with one attached hydrogen (secondary N) is 1. The van der Waals surface area contributed by atoms with Gasteiger partial charge in [0, 0.05) is 6.08 Å². The summed E-state index contributed by atoms with van der Waals surface area (Å²) in [6, 6.07) is 9.07. The molecule has 0 bridgehead atoms. The Labute approximate surface area is 169 Å². The SMILES string of the molecule is O=C(/C=C/c1ccc(O)c(O)c1)NCc1cn(Cc2cccc(C(F)(F)F)c2)nn1. The van der Waals surface area contributed by atoms with Gasteiger partial charge in [-0.25, -0.2) is 4.68 Å². The maximum Gasteiger partial charge on any atom is 0.416 e. The number of benzene rings is 2. The Balaban J connectivity index is 1.55. The Kier molecular flexibility index (Phi) is 6.05. The Hall–Kier alpha value is -3.82. The second-order valence-electron chi connectivity index (χ2n) is 6.40. The number of phenolic OH excluding ortho intramolecular Hbond substituents is 2. The Morgan fingerprint density at radius 1 is 1.13 bits per heavy atom. The lowest BCUT2D eigenvalue weighted by Crippen LogP contribution is -2.20. The highest BCUT2D eigenvalue weighted by Gasteiger charge is 2.30. The van der Waals surface area contributed by atoms with Crippen LogP contribution in [0.15, 0.2) is 54.7 Å². The summed E-state index contributed by atoms with van der Waals surface area (Å²) in [7, 11) is 0. The van der Waals surface area contributed by atoms with Crippen molar-refractivity contribution in [1.82, 2.24) is 20.3 Å². The van der Waals surface area contributed by atoms with E-state index in [0.29, 0.717) is 16.8 Å². The van der Waals surface area contributed by atoms with Crippen molar-refractivity contribution >= 4 is 12.0 Å². The number of carbonyl (C=O) groups is 1. The second kappa shape index (κ2) is 8.68. The molecule has 1 heterocycles. The number of hydrogen-bond donors (Lipinski definition) is 3. The molecule has 156 valence electrons. The smallest absolute Gasteiger partial charge is 0.416 e. The summed E-state index contributed by atoms with van der Waals surface area (Å²) in [5.41, 5.74) is 0.644. The minimum atomic E-state index is -4.42. The highest BCUT2D eigenvalue weighted by molar-refractivity contribution is 5.91. The number of aromatic hydroxyl groups is 2. The van der Waals surface area contributed by atoms with Gasteiger partial charge < -0.3 is 15.5 Å². The molecule has 1 aromatic heterocycles. The van der Waals surface area contributed by atoms with Gasteiger partial charge in [-0.3, -0.25) is 4.79 Å². The molecule has 3 rings (SSSR count). The normalized spacial score (nSPS) is 11.7. The summed E-state index contributed by atoms with van der Waals surface area (Å²) in [6.07, 6.45) is -0.180. The minimum Gasteiger partial charge on any atom is -0.504 e. The van der Waals surface area contributed by atoms with E-state index in [1.807, 2.05) is 0 Å². The summed E-state index contributed by atoms with van der Waals surface area (Å²) in [6.45, 7) is 0.182. The van der Waals surface area contributed by atoms with Gasteiger partial charge >= 0.3 is 6.18 Å². The van der Waals surface area contributed by atoms with E-state index in [4.69, 9.17) is 0 Å². The fraction of sp³-hybridized carbons (Fsp3) is 0.150. The van der Waals surface area contributed by atoms with Crippen molar-refractivity contribution in [1.29, 1.82) is 0 Å². The number of rotatable bonds is 6. The maximum atomic E-state index is 12.8. The molecule has 0 radical (unpaired) electrons. The molecule has 10 heteroatoms. The molecule has 3 N–H and O–H groups in total. The number of carbonyl (C=O) groups excluding carboxylic acids is 1. The van der Waals surface area contributed by atoms with Gasteiger partial charge in [0.15, 0.2) is 11.5 Å². The van der Waals surface area contributed by atoms with Crippen LogP contribution in [0.2, 0.25) is 0 Å². The van der Waals surface area contributed by atoms with Crippen molar-refractivity contribution in [2.75, 3.05) is 0 Å². The van der Waals surface area contributed by atoms with Crippen LogP contribution in [0.3, 0.4) is 0 Å². The number of amides is 1. The lowest BCUT2D eigenvalue weighted by molar-refractivity contribution is -0.137. The topological polar surface area (TPSA) is 100 Å². The van der Waals surface area contributed by atoms with Crippen molar-refractivity contribution in [3.05, 3.63) is 77.1 Å². The first-order valence-electron chi connectivity index (χ1n) is 8.74. The fourth-order valence-corrected chi connectivity index (χ4v) is 2.58. The largest absolute Gasteiger partial charge is 0.504 e. The molecule has 0 atom stereocenters. The van der Waals surface area contributed by atoms with Crippen molar-refractivity contribution in [2.24, 2.45) is 0 Å². The molecular weight excluding hydrogens is 401 g/mol. The van der Waals surface area contributed by atoms with Crippen LogP contribution in [0.25, 0.3) is 6.08 Å². The number of aromatic nitrogens is 3. The first-order valence-corrected chi connectivity index (χ1v) is 8.74. The van der Waals surface area contributed by atoms with E-state index in [0.717, 1.165) is 12.1 Å². The van der Waals surface area contributed by atoms with Crippen molar-refractivity contribution < 1.29 is 28.2 Å². The van der Waals surface area contributed by atoms with Crippen LogP contribution in [-0.4, -0.2) is 31.1 Å². The summed E-state index contributed by atoms with van der Waals surface area (Å²) >= 11 is 0. The van der Waals surface area contributed by atoms with E-state index >= 15 is 0 Å². The van der Waals surface area contributed by atoms with Crippen LogP contribution in [0.5, 0.6) is 11.5 Å². The quantitative estimate of drug-likeness (QED) is 0.422. The summed E-state index contributed by atoms with van der Waals surface area (Å²) < 4.78 is 39.8. The summed E-state index contributed by atoms with van der Waals surface area (Å²) in [5, 5.41) is 29.0. The number of hydrogen-bond acceptors (Lipinski definition) is 5. The maximum absolute atomic E-state index is 12.8. The third kappa shape index (κ3) is 5.60. The van der Waals surface area contributed by atoms with E-state index < -0.39 is 17.6 Å². The van der Waals surface area contributed by atoms with E-state index in [9.17, 15) is 28.2 Å². The molecule has 0 unspecified atom stereocenters. The van der Waals surface area contributed by atoms with Gasteiger partial charge in [0.1, 0.15) is 5.69 Å². The third-order valence-electron chi connectivity index (χ3n) is 4.06. The first-order chi connectivity index (χ1) is 14.2. The zero-order valence-corrected chi connectivity index (χ0v) is 15.5. The molecule has 30 heavy (non-hydrogen) atoms. The molecule has 0 saturated carbocycles. The van der Waals surface area contributed by atoms with Gasteiger partial charge in [-0.2, -0.15) is 13.2 Å². The highest BCUT2D eigenvalue weighted by atomic mass is 19.4. The Morgan fingerprint density at radius 2 is 1.93 bits per heavy atom. The van der Waals surface area contributed by atoms with E-state index in [1.54, 1.807) is 6.07 Å². The Bertz CT molecular complexity index is 1080. The van der Waals surface area contributed by atoms with Crippen LogP contribution in [0.4, 0.5) is 13.2 Å². The summed E-state index contributed by atoms with van der Waals surface area (Å²) in [5.74, 6) is -0.977. The third-order valence-corrected chi connectivity index (χ3v) is 4.06. The minimum absolute atomic E-state index is 0.0760. The van der Waals surface area contributed by atoms with Gasteiger partial charge in [0.05, 0.1) is 24.8 Å². The van der Waals surface area contributed by atoms with Crippen LogP contribution >= 0.6 is 0 Å². The zero-order chi connectivity index (χ0) is 21.7. The molecule has 0 aliphatic rings. The number of halogens is 3. The predicted molar refractivity (Wildman–Crippen MR) is 101 cm³/mol. The predicted octanol–water partition coefficient (Wildman–Crippen LogP) is 3.09. The van der Waals surface area contributed by atoms with Gasteiger partial charge in [0.2, 0.25) is 5.91 Å². The average molecular weight is 418 g/mol. The molecule has 0 fully saturated rings. The number of nitrogens with zero attached hydrogens (tertiary/aromatic N) is 3. The molecule has 3 aromatic rings. The van der Waals surface area contributed by atoms with Crippen LogP contribution in [-0.2, 0) is 24.1 Å². The molecule has 0 saturated heterocycles. The molecule has 1 amide bonds. The first kappa shape index (κ1) is 20.9. The van der Waals surface area contributed by atoms with Crippen LogP contribution in [0, 0.1) is 0 Å². The van der Waals surface area contributed by atoms with Crippen molar-refractivity contribution in [2.45, 2.75) is 19.3 Å². The lowest BCUT2D eigenvalue weighted by Gasteiger charge is -2.08. The molecule has 2 aromatic carbocycles. The Morgan fingerprint density at radius 3 is 2.67 bits per heavy atom. The number of alkyl halides is 3. The molecule has 0 spiro atoms. The standard InChI is InChI=1S/C20H17F3N4O3/c21-20(22,23)15-3-1-2-14(8-15)11-27-12-16(25-26-27)10-24-19(30)7-5-13-4-6-17(28)18(29)9-13/h1-9,12,28-29H,10-11H2,(H,24,30)/b7-5+. The van der Waals surface area contributed by atoms with E-state index in [1.165, 1.54) is 47.3 Å². The monoisotopic (exact) mass is 418 g/mol. The van der Waals surface area contributed by atoms with E-state index in [-0.39, 0.29) is 24.6 Å². The van der Waals surface area contributed by atoms with Gasteiger partial charge in [0.25, 0.3) is 0 Å². The fourth-order valence-electron chi connectivity index (χ4n) is 2.58. The van der Waals surface area contributed by atoms with Gasteiger partial charge in [-0.1, -0.05) is 23.4 Å². The average Bonchev–Trinajstić information content (AvgIpc) is 3.14. The molecule has 0 aliphatic heterocycles. The van der Waals surface area contributed by atoms with Crippen LogP contribution in [0.1, 0.15) is 22.4 Å². The second-order valence-corrected chi connectivity index (χ2v) is 6.40. The summed E-state index contributed by atoms with van der Waals surface area (Å²) in [4.78, 5) is 11.9. The number of phenols is 2. The molecular formula is C20H17F3N4O3. The van der Waals surface area contributed by atoms with E-state index in [2.05, 4.69) is 15.6 Å². The highest BCUT2D eigenvalue weighted by Crippen LogP contribution is 2.29.